The van der Waals surface area contributed by atoms with Gasteiger partial charge in [-0.3, -0.25) is 4.98 Å². The largest absolute Gasteiger partial charge is 0.489 e. The van der Waals surface area contributed by atoms with Gasteiger partial charge in [-0.1, -0.05) is 35.3 Å². The van der Waals surface area contributed by atoms with Gasteiger partial charge < -0.3 is 9.84 Å². The van der Waals surface area contributed by atoms with Crippen molar-refractivity contribution in [3.05, 3.63) is 149 Å². The maximum absolute atomic E-state index is 15.9. The third-order valence-corrected chi connectivity index (χ3v) is 7.10. The van der Waals surface area contributed by atoms with Crippen LogP contribution in [0.3, 0.4) is 0 Å². The average molecular weight is 626 g/mol. The number of benzene rings is 3. The number of halogens is 4. The van der Waals surface area contributed by atoms with Crippen molar-refractivity contribution in [1.29, 1.82) is 0 Å². The van der Waals surface area contributed by atoms with Gasteiger partial charge in [-0.25, -0.2) is 13.5 Å². The molecule has 3 heterocycles. The van der Waals surface area contributed by atoms with Crippen LogP contribution in [0.15, 0.2) is 104 Å². The Hall–Kier alpha value is -5.87. The Labute approximate surface area is 259 Å². The third-order valence-electron chi connectivity index (χ3n) is 7.10. The van der Waals surface area contributed by atoms with E-state index in [2.05, 4.69) is 42.5 Å². The fraction of sp³-hybridized carbons (Fsp3) is 0.121. The van der Waals surface area contributed by atoms with E-state index in [4.69, 9.17) is 4.74 Å². The maximum Gasteiger partial charge on any atom is 0.322 e. The standard InChI is InChI=1S/C33H23F4N7O2/c34-25-9-14-28(29(35)18-25)32(45,19-31-40-42-43-41-31)33(36,37)30-15-8-23(20-38-30)3-2-22-6-12-27(13-7-22)46-21-24-4-10-26(11-5-24)44-17-1-16-39-44/h1,4-18,20,45H,19,21H2,(H,40,41,42,43). The van der Waals surface area contributed by atoms with Gasteiger partial charge in [0, 0.05) is 41.3 Å². The van der Waals surface area contributed by atoms with E-state index in [-0.39, 0.29) is 5.82 Å². The van der Waals surface area contributed by atoms with E-state index < -0.39 is 40.8 Å². The first-order chi connectivity index (χ1) is 22.2. The van der Waals surface area contributed by atoms with Crippen LogP contribution >= 0.6 is 0 Å². The molecule has 3 aromatic carbocycles. The fourth-order valence-corrected chi connectivity index (χ4v) is 4.66. The molecule has 0 aliphatic rings. The maximum atomic E-state index is 15.9. The van der Waals surface area contributed by atoms with Crippen molar-refractivity contribution in [2.24, 2.45) is 0 Å². The predicted molar refractivity (Wildman–Crippen MR) is 157 cm³/mol. The van der Waals surface area contributed by atoms with E-state index in [1.54, 1.807) is 35.1 Å². The number of alkyl halides is 2. The van der Waals surface area contributed by atoms with E-state index >= 15 is 8.78 Å². The summed E-state index contributed by atoms with van der Waals surface area (Å²) in [6.45, 7) is 0.366. The zero-order valence-electron chi connectivity index (χ0n) is 23.8. The van der Waals surface area contributed by atoms with Crippen molar-refractivity contribution in [3.8, 4) is 23.3 Å². The summed E-state index contributed by atoms with van der Waals surface area (Å²) in [5.74, 6) is -0.425. The third kappa shape index (κ3) is 6.33. The molecular weight excluding hydrogens is 602 g/mol. The molecule has 13 heteroatoms. The van der Waals surface area contributed by atoms with E-state index in [9.17, 15) is 13.9 Å². The number of hydrogen-bond donors (Lipinski definition) is 2. The van der Waals surface area contributed by atoms with Gasteiger partial charge in [-0.15, -0.1) is 10.2 Å². The van der Waals surface area contributed by atoms with Crippen LogP contribution in [0.25, 0.3) is 5.69 Å². The Bertz CT molecular complexity index is 1970. The van der Waals surface area contributed by atoms with E-state index in [0.717, 1.165) is 35.6 Å². The number of H-pyrrole nitrogens is 1. The predicted octanol–water partition coefficient (Wildman–Crippen LogP) is 5.26. The number of aromatic amines is 1. The summed E-state index contributed by atoms with van der Waals surface area (Å²) >= 11 is 0. The van der Waals surface area contributed by atoms with Crippen LogP contribution < -0.4 is 4.74 Å². The Morgan fingerprint density at radius 2 is 1.67 bits per heavy atom. The van der Waals surface area contributed by atoms with Crippen molar-refractivity contribution in [2.45, 2.75) is 24.6 Å². The molecule has 0 amide bonds. The molecule has 1 unspecified atom stereocenters. The molecule has 0 spiro atoms. The van der Waals surface area contributed by atoms with Gasteiger partial charge in [-0.2, -0.15) is 19.1 Å². The van der Waals surface area contributed by atoms with E-state index in [1.807, 2.05) is 36.5 Å². The number of aliphatic hydroxyl groups is 1. The molecule has 230 valence electrons. The summed E-state index contributed by atoms with van der Waals surface area (Å²) in [6, 6.07) is 20.9. The molecule has 0 aliphatic heterocycles. The molecule has 0 saturated carbocycles. The molecule has 46 heavy (non-hydrogen) atoms. The van der Waals surface area contributed by atoms with Gasteiger partial charge in [0.15, 0.2) is 11.4 Å². The first-order valence-electron chi connectivity index (χ1n) is 13.8. The Balaban J connectivity index is 1.14. The van der Waals surface area contributed by atoms with Gasteiger partial charge in [0.2, 0.25) is 0 Å². The van der Waals surface area contributed by atoms with Gasteiger partial charge >= 0.3 is 5.92 Å². The highest BCUT2D eigenvalue weighted by atomic mass is 19.3. The first kappa shape index (κ1) is 30.2. The first-order valence-corrected chi connectivity index (χ1v) is 13.8. The smallest absolute Gasteiger partial charge is 0.322 e. The normalized spacial score (nSPS) is 12.6. The van der Waals surface area contributed by atoms with Crippen molar-refractivity contribution in [3.63, 3.8) is 0 Å². The molecule has 0 saturated heterocycles. The average Bonchev–Trinajstić information content (AvgIpc) is 3.79. The Kier molecular flexibility index (Phi) is 8.28. The van der Waals surface area contributed by atoms with Gasteiger partial charge in [-0.05, 0) is 66.2 Å². The van der Waals surface area contributed by atoms with Crippen molar-refractivity contribution < 1.29 is 27.4 Å². The van der Waals surface area contributed by atoms with Crippen molar-refractivity contribution in [1.82, 2.24) is 35.4 Å². The summed E-state index contributed by atoms with van der Waals surface area (Å²) in [7, 11) is 0. The zero-order valence-corrected chi connectivity index (χ0v) is 23.8. The molecule has 0 aliphatic carbocycles. The van der Waals surface area contributed by atoms with E-state index in [1.165, 1.54) is 6.07 Å². The van der Waals surface area contributed by atoms with Crippen LogP contribution in [0, 0.1) is 23.5 Å². The fourth-order valence-electron chi connectivity index (χ4n) is 4.66. The molecule has 1 atom stereocenters. The lowest BCUT2D eigenvalue weighted by atomic mass is 9.81. The highest BCUT2D eigenvalue weighted by molar-refractivity contribution is 5.44. The van der Waals surface area contributed by atoms with Crippen LogP contribution in [0.2, 0.25) is 0 Å². The van der Waals surface area contributed by atoms with Crippen molar-refractivity contribution in [2.75, 3.05) is 0 Å². The molecule has 0 radical (unpaired) electrons. The number of tetrazole rings is 1. The molecule has 2 N–H and O–H groups in total. The minimum atomic E-state index is -4.17. The van der Waals surface area contributed by atoms with Crippen LogP contribution in [0.4, 0.5) is 17.6 Å². The summed E-state index contributed by atoms with van der Waals surface area (Å²) < 4.78 is 67.7. The monoisotopic (exact) mass is 625 g/mol. The highest BCUT2D eigenvalue weighted by Gasteiger charge is 2.58. The number of nitrogens with one attached hydrogen (secondary N) is 1. The Morgan fingerprint density at radius 1 is 0.913 bits per heavy atom. The zero-order chi connectivity index (χ0) is 32.1. The number of ether oxygens (including phenoxy) is 1. The molecule has 6 rings (SSSR count). The molecule has 6 aromatic rings. The summed E-state index contributed by atoms with van der Waals surface area (Å²) in [5, 5.41) is 28.1. The molecule has 0 fully saturated rings. The number of pyridine rings is 1. The SMILES string of the molecule is OC(Cc1nn[nH]n1)(c1ccc(F)cc1F)C(F)(F)c1ccc(C#Cc2ccc(OCc3ccc(-n4cccn4)cc3)cc2)cn1. The van der Waals surface area contributed by atoms with Crippen LogP contribution in [0.1, 0.15) is 33.8 Å². The lowest BCUT2D eigenvalue weighted by Gasteiger charge is -2.35. The number of rotatable bonds is 9. The second kappa shape index (κ2) is 12.6. The number of hydrogen-bond acceptors (Lipinski definition) is 7. The van der Waals surface area contributed by atoms with Crippen LogP contribution in [-0.4, -0.2) is 40.5 Å². The second-order valence-electron chi connectivity index (χ2n) is 10.2. The summed E-state index contributed by atoms with van der Waals surface area (Å²) in [4.78, 5) is 3.82. The van der Waals surface area contributed by atoms with Crippen LogP contribution in [-0.2, 0) is 24.6 Å². The van der Waals surface area contributed by atoms with Gasteiger partial charge in [0.05, 0.1) is 12.1 Å². The lowest BCUT2D eigenvalue weighted by molar-refractivity contribution is -0.199. The lowest BCUT2D eigenvalue weighted by Crippen LogP contribution is -2.46. The molecule has 9 nitrogen and oxygen atoms in total. The van der Waals surface area contributed by atoms with Crippen LogP contribution in [0.5, 0.6) is 5.75 Å². The number of nitrogens with zero attached hydrogens (tertiary/aromatic N) is 6. The minimum absolute atomic E-state index is 0.313. The molecule has 3 aromatic heterocycles. The molecular formula is C33H23F4N7O2. The van der Waals surface area contributed by atoms with Gasteiger partial charge in [0.1, 0.15) is 29.7 Å². The highest BCUT2D eigenvalue weighted by Crippen LogP contribution is 2.47. The van der Waals surface area contributed by atoms with Crippen molar-refractivity contribution >= 4 is 0 Å². The quantitative estimate of drug-likeness (QED) is 0.166. The minimum Gasteiger partial charge on any atom is -0.489 e. The Morgan fingerprint density at radius 3 is 2.33 bits per heavy atom. The van der Waals surface area contributed by atoms with Gasteiger partial charge in [0.25, 0.3) is 0 Å². The topological polar surface area (TPSA) is 115 Å². The number of aromatic nitrogens is 7. The molecule has 0 bridgehead atoms. The summed E-state index contributed by atoms with van der Waals surface area (Å²) in [6.07, 6.45) is 3.74. The second-order valence-corrected chi connectivity index (χ2v) is 10.2. The van der Waals surface area contributed by atoms with E-state index in [0.29, 0.717) is 29.5 Å². The summed E-state index contributed by atoms with van der Waals surface area (Å²) in [5.41, 5.74) is -2.08.